The zero-order valence-corrected chi connectivity index (χ0v) is 14.7. The summed E-state index contributed by atoms with van der Waals surface area (Å²) in [5, 5.41) is 0.521. The molecule has 3 aromatic rings. The Bertz CT molecular complexity index is 928. The predicted molar refractivity (Wildman–Crippen MR) is 96.2 cm³/mol. The molecular formula is C19H17ClN2O3. The van der Waals surface area contributed by atoms with E-state index in [0.717, 1.165) is 16.9 Å². The number of aromatic nitrogens is 2. The summed E-state index contributed by atoms with van der Waals surface area (Å²) in [5.41, 5.74) is 3.57. The van der Waals surface area contributed by atoms with E-state index in [-0.39, 0.29) is 13.2 Å². The van der Waals surface area contributed by atoms with Crippen molar-refractivity contribution in [3.8, 4) is 5.75 Å². The van der Waals surface area contributed by atoms with Gasteiger partial charge in [-0.1, -0.05) is 23.7 Å². The number of rotatable bonds is 5. The van der Waals surface area contributed by atoms with E-state index >= 15 is 0 Å². The zero-order chi connectivity index (χ0) is 17.8. The molecule has 0 spiro atoms. The molecule has 1 aromatic heterocycles. The summed E-state index contributed by atoms with van der Waals surface area (Å²) in [4.78, 5) is 21.1. The summed E-state index contributed by atoms with van der Waals surface area (Å²) in [5.74, 6) is 0.136. The number of esters is 1. The number of halogens is 1. The van der Waals surface area contributed by atoms with Gasteiger partial charge in [-0.2, -0.15) is 0 Å². The number of hydrogen-bond acceptors (Lipinski definition) is 5. The van der Waals surface area contributed by atoms with E-state index in [9.17, 15) is 4.79 Å². The molecule has 0 amide bonds. The van der Waals surface area contributed by atoms with Crippen LogP contribution in [0.1, 0.15) is 21.7 Å². The fourth-order valence-electron chi connectivity index (χ4n) is 2.29. The molecule has 0 fully saturated rings. The molecule has 0 aliphatic rings. The van der Waals surface area contributed by atoms with Crippen molar-refractivity contribution >= 4 is 28.6 Å². The maximum atomic E-state index is 12.2. The lowest BCUT2D eigenvalue weighted by atomic mass is 10.2. The number of aryl methyl sites for hydroxylation is 2. The molecule has 6 heteroatoms. The van der Waals surface area contributed by atoms with E-state index in [4.69, 9.17) is 21.1 Å². The molecule has 0 unspecified atom stereocenters. The van der Waals surface area contributed by atoms with E-state index in [2.05, 4.69) is 9.97 Å². The number of carbonyl (C=O) groups excluding carboxylic acids is 1. The van der Waals surface area contributed by atoms with Crippen molar-refractivity contribution in [1.29, 1.82) is 0 Å². The van der Waals surface area contributed by atoms with Crippen LogP contribution in [0.2, 0.25) is 5.02 Å². The van der Waals surface area contributed by atoms with Crippen LogP contribution in [-0.4, -0.2) is 29.2 Å². The highest BCUT2D eigenvalue weighted by molar-refractivity contribution is 6.32. The van der Waals surface area contributed by atoms with Crippen LogP contribution in [0.3, 0.4) is 0 Å². The van der Waals surface area contributed by atoms with Gasteiger partial charge in [-0.25, -0.2) is 14.8 Å². The topological polar surface area (TPSA) is 61.3 Å². The molecule has 0 radical (unpaired) electrons. The van der Waals surface area contributed by atoms with Gasteiger partial charge < -0.3 is 9.47 Å². The van der Waals surface area contributed by atoms with Gasteiger partial charge in [-0.15, -0.1) is 0 Å². The molecule has 0 N–H and O–H groups in total. The minimum absolute atomic E-state index is 0.126. The van der Waals surface area contributed by atoms with Crippen LogP contribution in [0.25, 0.3) is 11.0 Å². The van der Waals surface area contributed by atoms with Crippen molar-refractivity contribution in [3.05, 3.63) is 64.4 Å². The highest BCUT2D eigenvalue weighted by Gasteiger charge is 2.10. The molecule has 0 aliphatic heterocycles. The van der Waals surface area contributed by atoms with Gasteiger partial charge in [-0.3, -0.25) is 0 Å². The second-order valence-corrected chi connectivity index (χ2v) is 5.92. The fraction of sp³-hybridized carbons (Fsp3) is 0.211. The lowest BCUT2D eigenvalue weighted by Gasteiger charge is -2.09. The van der Waals surface area contributed by atoms with Crippen LogP contribution in [-0.2, 0) is 4.74 Å². The van der Waals surface area contributed by atoms with Crippen molar-refractivity contribution in [3.63, 3.8) is 0 Å². The normalized spacial score (nSPS) is 10.7. The first kappa shape index (κ1) is 17.2. The Morgan fingerprint density at radius 3 is 2.48 bits per heavy atom. The fourth-order valence-corrected chi connectivity index (χ4v) is 2.48. The first-order valence-electron chi connectivity index (χ1n) is 7.84. The maximum Gasteiger partial charge on any atom is 0.338 e. The Labute approximate surface area is 150 Å². The van der Waals surface area contributed by atoms with Crippen LogP contribution < -0.4 is 4.74 Å². The third kappa shape index (κ3) is 4.06. The summed E-state index contributed by atoms with van der Waals surface area (Å²) in [6.45, 7) is 4.14. The average Bonchev–Trinajstić information content (AvgIpc) is 2.60. The largest absolute Gasteiger partial charge is 0.488 e. The second kappa shape index (κ2) is 7.49. The van der Waals surface area contributed by atoms with Crippen LogP contribution >= 0.6 is 11.6 Å². The Kier molecular flexibility index (Phi) is 5.14. The van der Waals surface area contributed by atoms with Crippen LogP contribution in [0.15, 0.2) is 42.5 Å². The SMILES string of the molecule is Cc1nc2ccc(C(=O)OCCOc3ccccc3Cl)cc2nc1C. The van der Waals surface area contributed by atoms with E-state index in [1.165, 1.54) is 0 Å². The molecule has 1 heterocycles. The lowest BCUT2D eigenvalue weighted by Crippen LogP contribution is -2.12. The van der Waals surface area contributed by atoms with Gasteiger partial charge in [0.05, 0.1) is 33.0 Å². The third-order valence-corrected chi connectivity index (χ3v) is 4.03. The van der Waals surface area contributed by atoms with Crippen LogP contribution in [0.4, 0.5) is 0 Å². The quantitative estimate of drug-likeness (QED) is 0.508. The van der Waals surface area contributed by atoms with Crippen LogP contribution in [0.5, 0.6) is 5.75 Å². The first-order chi connectivity index (χ1) is 12.0. The standard InChI is InChI=1S/C19H17ClN2O3/c1-12-13(2)22-17-11-14(7-8-16(17)21-12)19(23)25-10-9-24-18-6-4-3-5-15(18)20/h3-8,11H,9-10H2,1-2H3. The third-order valence-electron chi connectivity index (χ3n) is 3.72. The highest BCUT2D eigenvalue weighted by Crippen LogP contribution is 2.22. The monoisotopic (exact) mass is 356 g/mol. The molecule has 25 heavy (non-hydrogen) atoms. The molecule has 0 aliphatic carbocycles. The van der Waals surface area contributed by atoms with Gasteiger partial charge in [0.25, 0.3) is 0 Å². The molecular weight excluding hydrogens is 340 g/mol. The van der Waals surface area contributed by atoms with Crippen molar-refractivity contribution < 1.29 is 14.3 Å². The lowest BCUT2D eigenvalue weighted by molar-refractivity contribution is 0.0450. The summed E-state index contributed by atoms with van der Waals surface area (Å²) < 4.78 is 10.7. The van der Waals surface area contributed by atoms with Crippen molar-refractivity contribution in [2.24, 2.45) is 0 Å². The molecule has 0 bridgehead atoms. The number of hydrogen-bond donors (Lipinski definition) is 0. The molecule has 0 atom stereocenters. The molecule has 128 valence electrons. The summed E-state index contributed by atoms with van der Waals surface area (Å²) in [6.07, 6.45) is 0. The Morgan fingerprint density at radius 1 is 1.00 bits per heavy atom. The number of para-hydroxylation sites is 1. The molecule has 0 saturated heterocycles. The van der Waals surface area contributed by atoms with Crippen molar-refractivity contribution in [2.75, 3.05) is 13.2 Å². The highest BCUT2D eigenvalue weighted by atomic mass is 35.5. The van der Waals surface area contributed by atoms with Gasteiger partial charge in [0.2, 0.25) is 0 Å². The predicted octanol–water partition coefficient (Wildman–Crippen LogP) is 4.14. The van der Waals surface area contributed by atoms with Crippen molar-refractivity contribution in [2.45, 2.75) is 13.8 Å². The minimum Gasteiger partial charge on any atom is -0.488 e. The van der Waals surface area contributed by atoms with Crippen LogP contribution in [0, 0.1) is 13.8 Å². The summed E-state index contributed by atoms with van der Waals surface area (Å²) >= 11 is 6.00. The summed E-state index contributed by atoms with van der Waals surface area (Å²) in [7, 11) is 0. The van der Waals surface area contributed by atoms with E-state index in [1.54, 1.807) is 30.3 Å². The minimum atomic E-state index is -0.426. The van der Waals surface area contributed by atoms with E-state index < -0.39 is 5.97 Å². The van der Waals surface area contributed by atoms with Gasteiger partial charge in [0.1, 0.15) is 19.0 Å². The average molecular weight is 357 g/mol. The zero-order valence-electron chi connectivity index (χ0n) is 14.0. The number of fused-ring (bicyclic) bond motifs is 1. The summed E-state index contributed by atoms with van der Waals surface area (Å²) in [6, 6.07) is 12.3. The van der Waals surface area contributed by atoms with E-state index in [0.29, 0.717) is 21.9 Å². The number of nitrogens with zero attached hydrogens (tertiary/aromatic N) is 2. The number of benzene rings is 2. The molecule has 0 saturated carbocycles. The van der Waals surface area contributed by atoms with Crippen molar-refractivity contribution in [1.82, 2.24) is 9.97 Å². The van der Waals surface area contributed by atoms with Gasteiger partial charge in [0.15, 0.2) is 0 Å². The number of carbonyl (C=O) groups is 1. The smallest absolute Gasteiger partial charge is 0.338 e. The van der Waals surface area contributed by atoms with Gasteiger partial charge in [-0.05, 0) is 44.2 Å². The van der Waals surface area contributed by atoms with E-state index in [1.807, 2.05) is 26.0 Å². The van der Waals surface area contributed by atoms with Gasteiger partial charge in [0, 0.05) is 0 Å². The molecule has 3 rings (SSSR count). The molecule has 5 nitrogen and oxygen atoms in total. The Balaban J connectivity index is 1.60. The first-order valence-corrected chi connectivity index (χ1v) is 8.22. The number of ether oxygens (including phenoxy) is 2. The molecule has 2 aromatic carbocycles. The van der Waals surface area contributed by atoms with Gasteiger partial charge >= 0.3 is 5.97 Å². The Morgan fingerprint density at radius 2 is 1.72 bits per heavy atom. The second-order valence-electron chi connectivity index (χ2n) is 5.51. The Hall–Kier alpha value is -2.66. The maximum absolute atomic E-state index is 12.2.